The average Bonchev–Trinajstić information content (AvgIpc) is 1.37. The first kappa shape index (κ1) is 77.2. The molecule has 0 aromatic heterocycles. The summed E-state index contributed by atoms with van der Waals surface area (Å²) in [4.78, 5) is 91.9. The van der Waals surface area contributed by atoms with Crippen molar-refractivity contribution in [3.63, 3.8) is 0 Å². The number of carbonyl (C=O) groups excluding carboxylic acids is 6. The Labute approximate surface area is 560 Å². The van der Waals surface area contributed by atoms with E-state index in [4.69, 9.17) is 54.8 Å². The van der Waals surface area contributed by atoms with Gasteiger partial charge in [-0.3, -0.25) is 43.5 Å². The Bertz CT molecular complexity index is 2700. The van der Waals surface area contributed by atoms with Crippen LogP contribution in [0.1, 0.15) is 181 Å². The number of amides is 6. The fraction of sp³-hybridized carbons (Fsp3) is 0.632. The van der Waals surface area contributed by atoms with Crippen LogP contribution in [0, 0.1) is 0 Å². The highest BCUT2D eigenvalue weighted by atomic mass is 32.2. The maximum absolute atomic E-state index is 14.5. The summed E-state index contributed by atoms with van der Waals surface area (Å²) < 4.78 is 55.3. The van der Waals surface area contributed by atoms with E-state index in [0.717, 1.165) is 38.5 Å². The van der Waals surface area contributed by atoms with Crippen molar-refractivity contribution < 1.29 is 71.4 Å². The molecule has 5 aliphatic heterocycles. The molecule has 3 aromatic carbocycles. The first-order valence-electron chi connectivity index (χ1n) is 33.6. The van der Waals surface area contributed by atoms with Crippen LogP contribution in [0.5, 0.6) is 34.5 Å². The number of benzene rings is 3. The third kappa shape index (κ3) is 25.6. The van der Waals surface area contributed by atoms with Crippen molar-refractivity contribution in [1.29, 1.82) is 0 Å². The predicted octanol–water partition coefficient (Wildman–Crippen LogP) is 8.58. The van der Waals surface area contributed by atoms with Crippen molar-refractivity contribution in [3.8, 4) is 34.5 Å². The molecule has 8 rings (SSSR count). The third-order valence-electron chi connectivity index (χ3n) is 15.2. The standard InChI is InChI=1S/C68H104N8O15S2/c1-8-14-38-86-56-50-20-22-52(58(56)88-40-16-10-3)64(79)72-29-34-75(36-44-84-47-48-85-46-45-83-7)35-30-73-65(80)53-23-21-51(57(87-39-15-9-2)59(53)89-41-17-11-4)63(78)70-27-32-74(31-26-69-62(50)77)33-28-71-66(81)54-24-25-55(67(82)76-37-49-93-68(76)92)61(91-43-19-13-6)60(54)90-42-18-12-5/h20-25H,8-19,26-49H2,1-7H3,(H,69,77)(H,70,78)(H,71,81)(H,72,79)(H,73,80). The molecule has 0 spiro atoms. The molecular weight excluding hydrogens is 1230 g/mol. The molecule has 25 heteroatoms. The van der Waals surface area contributed by atoms with Crippen LogP contribution in [0.3, 0.4) is 0 Å². The Morgan fingerprint density at radius 1 is 0.452 bits per heavy atom. The number of nitrogens with zero attached hydrogens (tertiary/aromatic N) is 3. The lowest BCUT2D eigenvalue weighted by molar-refractivity contribution is 0.0196. The monoisotopic (exact) mass is 1340 g/mol. The minimum absolute atomic E-state index is 0.118. The molecule has 0 saturated carbocycles. The summed E-state index contributed by atoms with van der Waals surface area (Å²) in [7, 11) is 1.61. The summed E-state index contributed by atoms with van der Waals surface area (Å²) >= 11 is 6.97. The first-order chi connectivity index (χ1) is 45.4. The number of methoxy groups -OCH3 is 1. The number of unbranched alkanes of at least 4 members (excludes halogenated alkanes) is 6. The van der Waals surface area contributed by atoms with E-state index in [-0.39, 0.29) is 159 Å². The zero-order chi connectivity index (χ0) is 67.0. The molecule has 1 fully saturated rings. The molecule has 0 unspecified atom stereocenters. The molecule has 0 radical (unpaired) electrons. The van der Waals surface area contributed by atoms with Gasteiger partial charge < -0.3 is 69.2 Å². The van der Waals surface area contributed by atoms with Gasteiger partial charge in [0.1, 0.15) is 4.32 Å². The molecule has 0 atom stereocenters. The minimum atomic E-state index is -0.459. The smallest absolute Gasteiger partial charge is 0.263 e. The Balaban J connectivity index is 1.51. The molecule has 5 N–H and O–H groups in total. The van der Waals surface area contributed by atoms with Crippen LogP contribution >= 0.6 is 24.0 Å². The molecular formula is C68H104N8O15S2. The van der Waals surface area contributed by atoms with Gasteiger partial charge in [-0.15, -0.1) is 0 Å². The lowest BCUT2D eigenvalue weighted by Crippen LogP contribution is -2.43. The van der Waals surface area contributed by atoms with Gasteiger partial charge in [0, 0.05) is 91.4 Å². The number of thioether (sulfide) groups is 1. The molecule has 5 heterocycles. The molecule has 518 valence electrons. The van der Waals surface area contributed by atoms with E-state index in [1.165, 1.54) is 11.8 Å². The highest BCUT2D eigenvalue weighted by molar-refractivity contribution is 8.23. The van der Waals surface area contributed by atoms with Crippen LogP contribution in [0.4, 0.5) is 0 Å². The maximum Gasteiger partial charge on any atom is 0.263 e. The van der Waals surface area contributed by atoms with Gasteiger partial charge in [0.05, 0.1) is 106 Å². The van der Waals surface area contributed by atoms with Crippen molar-refractivity contribution in [2.45, 2.75) is 119 Å². The largest absolute Gasteiger partial charge is 0.489 e. The van der Waals surface area contributed by atoms with E-state index in [0.29, 0.717) is 114 Å². The fourth-order valence-corrected chi connectivity index (χ4v) is 10.9. The van der Waals surface area contributed by atoms with Crippen molar-refractivity contribution in [3.05, 3.63) is 69.8 Å². The van der Waals surface area contributed by atoms with Gasteiger partial charge in [0.25, 0.3) is 35.4 Å². The van der Waals surface area contributed by atoms with E-state index in [9.17, 15) is 28.8 Å². The molecule has 5 aliphatic rings. The van der Waals surface area contributed by atoms with Gasteiger partial charge in [-0.1, -0.05) is 104 Å². The minimum Gasteiger partial charge on any atom is -0.489 e. The van der Waals surface area contributed by atoms with Gasteiger partial charge in [-0.05, 0) is 74.9 Å². The second-order valence-corrected chi connectivity index (χ2v) is 24.1. The highest BCUT2D eigenvalue weighted by Crippen LogP contribution is 2.40. The molecule has 23 nitrogen and oxygen atoms in total. The predicted molar refractivity (Wildman–Crippen MR) is 366 cm³/mol. The molecule has 6 amide bonds. The number of nitrogens with one attached hydrogen (secondary N) is 5. The topological polar surface area (TPSA) is 255 Å². The summed E-state index contributed by atoms with van der Waals surface area (Å²) in [5.41, 5.74) is 1.23. The second-order valence-electron chi connectivity index (χ2n) is 22.4. The number of rotatable bonds is 38. The number of ether oxygens (including phenoxy) is 9. The average molecular weight is 1340 g/mol. The van der Waals surface area contributed by atoms with Crippen molar-refractivity contribution >= 4 is 63.7 Å². The summed E-state index contributed by atoms with van der Waals surface area (Å²) in [6, 6.07) is 9.49. The van der Waals surface area contributed by atoms with E-state index >= 15 is 0 Å². The fourth-order valence-electron chi connectivity index (χ4n) is 9.69. The van der Waals surface area contributed by atoms with E-state index in [1.807, 2.05) is 46.4 Å². The lowest BCUT2D eigenvalue weighted by Gasteiger charge is -2.25. The maximum atomic E-state index is 14.5. The van der Waals surface area contributed by atoms with Gasteiger partial charge in [0.2, 0.25) is 0 Å². The molecule has 3 aromatic rings. The highest BCUT2D eigenvalue weighted by Gasteiger charge is 2.32. The van der Waals surface area contributed by atoms with Crippen molar-refractivity contribution in [2.75, 3.05) is 164 Å². The molecule has 4 bridgehead atoms. The van der Waals surface area contributed by atoms with Crippen molar-refractivity contribution in [1.82, 2.24) is 41.3 Å². The Kier molecular flexibility index (Phi) is 37.4. The van der Waals surface area contributed by atoms with Crippen LogP contribution in [-0.4, -0.2) is 219 Å². The van der Waals surface area contributed by atoms with Crippen LogP contribution in [0.15, 0.2) is 36.4 Å². The lowest BCUT2D eigenvalue weighted by atomic mass is 10.1. The number of hydrogen-bond donors (Lipinski definition) is 5. The van der Waals surface area contributed by atoms with Crippen LogP contribution in [0.25, 0.3) is 0 Å². The van der Waals surface area contributed by atoms with E-state index < -0.39 is 29.5 Å². The molecule has 1 saturated heterocycles. The quantitative estimate of drug-likeness (QED) is 0.0266. The second kappa shape index (κ2) is 45.0. The van der Waals surface area contributed by atoms with Gasteiger partial charge in [-0.2, -0.15) is 0 Å². The number of carbonyl (C=O) groups is 6. The van der Waals surface area contributed by atoms with Crippen LogP contribution in [0.2, 0.25) is 0 Å². The van der Waals surface area contributed by atoms with Gasteiger partial charge >= 0.3 is 0 Å². The number of thiocarbonyl (C=S) groups is 1. The van der Waals surface area contributed by atoms with Gasteiger partial charge in [-0.25, -0.2) is 0 Å². The van der Waals surface area contributed by atoms with Crippen LogP contribution < -0.4 is 55.0 Å². The Morgan fingerprint density at radius 2 is 0.796 bits per heavy atom. The molecule has 93 heavy (non-hydrogen) atoms. The molecule has 0 aliphatic carbocycles. The summed E-state index contributed by atoms with van der Waals surface area (Å²) in [5, 5.41) is 15.3. The summed E-state index contributed by atoms with van der Waals surface area (Å²) in [6.07, 6.45) is 9.07. The van der Waals surface area contributed by atoms with E-state index in [2.05, 4.69) is 31.5 Å². The summed E-state index contributed by atoms with van der Waals surface area (Å²) in [5.74, 6) is -0.847. The van der Waals surface area contributed by atoms with Crippen molar-refractivity contribution in [2.24, 2.45) is 0 Å². The third-order valence-corrected chi connectivity index (χ3v) is 16.6. The van der Waals surface area contributed by atoms with Crippen LogP contribution in [-0.2, 0) is 14.2 Å². The zero-order valence-electron chi connectivity index (χ0n) is 56.2. The normalized spacial score (nSPS) is 15.0. The Morgan fingerprint density at radius 3 is 1.16 bits per heavy atom. The first-order valence-corrected chi connectivity index (χ1v) is 35.0. The van der Waals surface area contributed by atoms with E-state index in [1.54, 1.807) is 48.4 Å². The Hall–Kier alpha value is -6.48. The number of hydrogen-bond acceptors (Lipinski definition) is 19. The SMILES string of the molecule is CCCCOc1c2ccc(c1OCCCC)C(=O)NCCN(CCOCCOCCOC)CCNC(=O)c1ccc(c(OCCCC)c1OCCCC)C(=O)NCCN(CCNC(=O)c1ccc(C(=O)N3CCSC3=S)c(OCCCC)c1OCCCC)CCNC2=O. The summed E-state index contributed by atoms with van der Waals surface area (Å²) in [6.45, 7) is 19.1. The zero-order valence-corrected chi connectivity index (χ0v) is 57.8. The van der Waals surface area contributed by atoms with Gasteiger partial charge in [0.15, 0.2) is 34.5 Å².